The van der Waals surface area contributed by atoms with Gasteiger partial charge in [-0.3, -0.25) is 4.68 Å². The van der Waals surface area contributed by atoms with Crippen molar-refractivity contribution in [3.63, 3.8) is 0 Å². The number of rotatable bonds is 3. The highest BCUT2D eigenvalue weighted by Crippen LogP contribution is 2.30. The minimum Gasteiger partial charge on any atom is -0.381 e. The molecule has 2 aliphatic rings. The predicted molar refractivity (Wildman–Crippen MR) is 64.3 cm³/mol. The fourth-order valence-corrected chi connectivity index (χ4v) is 2.71. The molecule has 1 aromatic heterocycles. The topological polar surface area (TPSA) is 36.3 Å². The van der Waals surface area contributed by atoms with Crippen LogP contribution in [0.1, 0.15) is 43.1 Å². The standard InChI is InChI=1S/C13H20N2O2/c1-2-11-7-13(10-3-5-16-8-10)15(14-11)12-4-6-17-9-12/h7,10,12H,2-6,8-9H2,1H3. The third kappa shape index (κ3) is 2.11. The molecule has 2 fully saturated rings. The van der Waals surface area contributed by atoms with Crippen molar-refractivity contribution in [2.45, 2.75) is 38.1 Å². The first-order chi connectivity index (χ1) is 8.38. The summed E-state index contributed by atoms with van der Waals surface area (Å²) in [5.74, 6) is 0.531. The van der Waals surface area contributed by atoms with Crippen molar-refractivity contribution in [1.29, 1.82) is 0 Å². The molecule has 0 spiro atoms. The van der Waals surface area contributed by atoms with Gasteiger partial charge in [0.1, 0.15) is 0 Å². The van der Waals surface area contributed by atoms with Crippen LogP contribution < -0.4 is 0 Å². The second-order valence-corrected chi connectivity index (χ2v) is 4.94. The average Bonchev–Trinajstić information content (AvgIpc) is 3.09. The summed E-state index contributed by atoms with van der Waals surface area (Å²) in [4.78, 5) is 0. The van der Waals surface area contributed by atoms with Crippen molar-refractivity contribution in [2.75, 3.05) is 26.4 Å². The Morgan fingerprint density at radius 2 is 2.12 bits per heavy atom. The van der Waals surface area contributed by atoms with Gasteiger partial charge < -0.3 is 9.47 Å². The van der Waals surface area contributed by atoms with Crippen LogP contribution in [0.5, 0.6) is 0 Å². The Labute approximate surface area is 102 Å². The molecule has 1 aromatic rings. The number of aryl methyl sites for hydroxylation is 1. The zero-order chi connectivity index (χ0) is 11.7. The Morgan fingerprint density at radius 3 is 2.76 bits per heavy atom. The summed E-state index contributed by atoms with van der Waals surface area (Å²) >= 11 is 0. The zero-order valence-corrected chi connectivity index (χ0v) is 10.4. The van der Waals surface area contributed by atoms with Gasteiger partial charge in [0.25, 0.3) is 0 Å². The van der Waals surface area contributed by atoms with E-state index in [1.165, 1.54) is 11.4 Å². The Kier molecular flexibility index (Phi) is 3.16. The van der Waals surface area contributed by atoms with E-state index in [9.17, 15) is 0 Å². The van der Waals surface area contributed by atoms with E-state index in [0.29, 0.717) is 12.0 Å². The maximum absolute atomic E-state index is 5.50. The first-order valence-electron chi connectivity index (χ1n) is 6.62. The lowest BCUT2D eigenvalue weighted by Crippen LogP contribution is -2.16. The molecule has 2 atom stereocenters. The van der Waals surface area contributed by atoms with Gasteiger partial charge >= 0.3 is 0 Å². The second kappa shape index (κ2) is 4.78. The molecule has 0 aliphatic carbocycles. The highest BCUT2D eigenvalue weighted by atomic mass is 16.5. The van der Waals surface area contributed by atoms with Crippen molar-refractivity contribution in [2.24, 2.45) is 0 Å². The molecule has 0 bridgehead atoms. The van der Waals surface area contributed by atoms with Gasteiger partial charge in [-0.15, -0.1) is 0 Å². The van der Waals surface area contributed by atoms with E-state index < -0.39 is 0 Å². The highest BCUT2D eigenvalue weighted by molar-refractivity contribution is 5.17. The van der Waals surface area contributed by atoms with E-state index >= 15 is 0 Å². The summed E-state index contributed by atoms with van der Waals surface area (Å²) in [7, 11) is 0. The average molecular weight is 236 g/mol. The molecule has 0 saturated carbocycles. The predicted octanol–water partition coefficient (Wildman–Crippen LogP) is 1.91. The van der Waals surface area contributed by atoms with Gasteiger partial charge in [0, 0.05) is 24.8 Å². The van der Waals surface area contributed by atoms with Crippen molar-refractivity contribution in [3.05, 3.63) is 17.5 Å². The summed E-state index contributed by atoms with van der Waals surface area (Å²) in [5, 5.41) is 4.74. The number of aromatic nitrogens is 2. The normalized spacial score (nSPS) is 29.0. The number of nitrogens with zero attached hydrogens (tertiary/aromatic N) is 2. The molecular weight excluding hydrogens is 216 g/mol. The van der Waals surface area contributed by atoms with Gasteiger partial charge in [-0.05, 0) is 25.3 Å². The molecule has 0 N–H and O–H groups in total. The number of hydrogen-bond donors (Lipinski definition) is 0. The number of ether oxygens (including phenoxy) is 2. The molecule has 0 aromatic carbocycles. The van der Waals surface area contributed by atoms with Gasteiger partial charge in [-0.25, -0.2) is 0 Å². The molecular formula is C13H20N2O2. The quantitative estimate of drug-likeness (QED) is 0.804. The van der Waals surface area contributed by atoms with Gasteiger partial charge in [-0.2, -0.15) is 5.10 Å². The SMILES string of the molecule is CCc1cc(C2CCOC2)n(C2CCOC2)n1. The van der Waals surface area contributed by atoms with Crippen LogP contribution >= 0.6 is 0 Å². The van der Waals surface area contributed by atoms with Gasteiger partial charge in [0.2, 0.25) is 0 Å². The first-order valence-corrected chi connectivity index (χ1v) is 6.62. The summed E-state index contributed by atoms with van der Waals surface area (Å²) < 4.78 is 13.2. The molecule has 3 rings (SSSR count). The van der Waals surface area contributed by atoms with Crippen molar-refractivity contribution >= 4 is 0 Å². The minimum atomic E-state index is 0.436. The third-order valence-corrected chi connectivity index (χ3v) is 3.78. The molecule has 17 heavy (non-hydrogen) atoms. The fourth-order valence-electron chi connectivity index (χ4n) is 2.71. The van der Waals surface area contributed by atoms with Crippen LogP contribution in [-0.4, -0.2) is 36.2 Å². The van der Waals surface area contributed by atoms with Gasteiger partial charge in [0.15, 0.2) is 0 Å². The zero-order valence-electron chi connectivity index (χ0n) is 10.4. The molecule has 4 nitrogen and oxygen atoms in total. The molecule has 4 heteroatoms. The Morgan fingerprint density at radius 1 is 1.29 bits per heavy atom. The second-order valence-electron chi connectivity index (χ2n) is 4.94. The Hall–Kier alpha value is -0.870. The highest BCUT2D eigenvalue weighted by Gasteiger charge is 2.27. The number of hydrogen-bond acceptors (Lipinski definition) is 3. The minimum absolute atomic E-state index is 0.436. The van der Waals surface area contributed by atoms with E-state index in [1.54, 1.807) is 0 Å². The molecule has 2 aliphatic heterocycles. The lowest BCUT2D eigenvalue weighted by Gasteiger charge is -2.16. The van der Waals surface area contributed by atoms with E-state index in [0.717, 1.165) is 45.7 Å². The van der Waals surface area contributed by atoms with E-state index in [-0.39, 0.29) is 0 Å². The lowest BCUT2D eigenvalue weighted by atomic mass is 10.0. The van der Waals surface area contributed by atoms with Crippen LogP contribution in [0.4, 0.5) is 0 Å². The van der Waals surface area contributed by atoms with Crippen molar-refractivity contribution in [1.82, 2.24) is 9.78 Å². The molecule has 2 unspecified atom stereocenters. The maximum Gasteiger partial charge on any atom is 0.0777 e. The Bertz CT molecular complexity index is 343. The Balaban J connectivity index is 1.90. The van der Waals surface area contributed by atoms with Crippen LogP contribution in [0.2, 0.25) is 0 Å². The van der Waals surface area contributed by atoms with Crippen LogP contribution in [0, 0.1) is 0 Å². The lowest BCUT2D eigenvalue weighted by molar-refractivity contribution is 0.181. The van der Waals surface area contributed by atoms with Crippen LogP contribution in [0.3, 0.4) is 0 Å². The summed E-state index contributed by atoms with van der Waals surface area (Å²) in [5.41, 5.74) is 2.55. The van der Waals surface area contributed by atoms with Crippen LogP contribution in [0.15, 0.2) is 6.07 Å². The first kappa shape index (κ1) is 11.2. The van der Waals surface area contributed by atoms with E-state index in [2.05, 4.69) is 17.7 Å². The smallest absolute Gasteiger partial charge is 0.0777 e. The molecule has 0 radical (unpaired) electrons. The summed E-state index contributed by atoms with van der Waals surface area (Å²) in [6.45, 7) is 5.58. The summed E-state index contributed by atoms with van der Waals surface area (Å²) in [6.07, 6.45) is 3.22. The van der Waals surface area contributed by atoms with Crippen LogP contribution in [-0.2, 0) is 15.9 Å². The molecule has 0 amide bonds. The van der Waals surface area contributed by atoms with E-state index in [4.69, 9.17) is 14.6 Å². The maximum atomic E-state index is 5.50. The van der Waals surface area contributed by atoms with Crippen molar-refractivity contribution < 1.29 is 9.47 Å². The van der Waals surface area contributed by atoms with Crippen LogP contribution in [0.25, 0.3) is 0 Å². The molecule has 94 valence electrons. The molecule has 2 saturated heterocycles. The molecule has 3 heterocycles. The fraction of sp³-hybridized carbons (Fsp3) is 0.769. The largest absolute Gasteiger partial charge is 0.381 e. The van der Waals surface area contributed by atoms with Gasteiger partial charge in [-0.1, -0.05) is 6.92 Å². The third-order valence-electron chi connectivity index (χ3n) is 3.78. The van der Waals surface area contributed by atoms with E-state index in [1.807, 2.05) is 0 Å². The monoisotopic (exact) mass is 236 g/mol. The van der Waals surface area contributed by atoms with Crippen molar-refractivity contribution in [3.8, 4) is 0 Å². The summed E-state index contributed by atoms with van der Waals surface area (Å²) in [6, 6.07) is 2.70. The van der Waals surface area contributed by atoms with Gasteiger partial charge in [0.05, 0.1) is 24.9 Å².